The number of aryl methyl sites for hydroxylation is 2. The minimum atomic E-state index is -3.50. The van der Waals surface area contributed by atoms with Crippen LogP contribution in [-0.4, -0.2) is 50.0 Å². The summed E-state index contributed by atoms with van der Waals surface area (Å²) < 4.78 is 26.1. The average Bonchev–Trinajstić information content (AvgIpc) is 2.80. The maximum absolute atomic E-state index is 13.3. The number of carbonyl (C=O) groups is 2. The molecule has 2 atom stereocenters. The molecule has 0 radical (unpaired) electrons. The van der Waals surface area contributed by atoms with Gasteiger partial charge in [-0.2, -0.15) is 0 Å². The number of sulfonamides is 1. The molecule has 192 valence electrons. The van der Waals surface area contributed by atoms with Crippen molar-refractivity contribution in [3.63, 3.8) is 0 Å². The molecular formula is C27H39N3O4S. The van der Waals surface area contributed by atoms with Crippen LogP contribution in [0.1, 0.15) is 56.7 Å². The highest BCUT2D eigenvalue weighted by Gasteiger charge is 2.27. The topological polar surface area (TPSA) is 86.8 Å². The molecule has 0 saturated heterocycles. The van der Waals surface area contributed by atoms with E-state index in [0.29, 0.717) is 18.7 Å². The van der Waals surface area contributed by atoms with Crippen LogP contribution in [0.25, 0.3) is 0 Å². The van der Waals surface area contributed by atoms with Crippen molar-refractivity contribution in [3.05, 3.63) is 65.2 Å². The van der Waals surface area contributed by atoms with E-state index in [9.17, 15) is 18.0 Å². The Balaban J connectivity index is 2.15. The molecule has 2 aromatic carbocycles. The first-order valence-corrected chi connectivity index (χ1v) is 14.0. The van der Waals surface area contributed by atoms with Gasteiger partial charge in [-0.25, -0.2) is 8.42 Å². The van der Waals surface area contributed by atoms with E-state index in [2.05, 4.69) is 5.32 Å². The van der Waals surface area contributed by atoms with Gasteiger partial charge in [0.1, 0.15) is 6.04 Å². The summed E-state index contributed by atoms with van der Waals surface area (Å²) in [6.45, 7) is 10.1. The molecule has 8 heteroatoms. The van der Waals surface area contributed by atoms with Crippen LogP contribution >= 0.6 is 0 Å². The molecule has 1 N–H and O–H groups in total. The first kappa shape index (κ1) is 28.4. The standard InChI is InChI=1S/C27H39N3O4S/c1-7-22(4)28-27(32)23(5)29(19-24-14-10-20(2)11-15-24)26(31)9-8-18-30(35(6,33)34)25-16-12-21(3)13-17-25/h10-17,22-23H,7-9,18-19H2,1-6H3,(H,28,32)/t22-,23+/m1/s1. The van der Waals surface area contributed by atoms with Crippen LogP contribution in [-0.2, 0) is 26.2 Å². The Morgan fingerprint density at radius 1 is 0.943 bits per heavy atom. The molecule has 2 aromatic rings. The summed E-state index contributed by atoms with van der Waals surface area (Å²) in [6, 6.07) is 14.5. The van der Waals surface area contributed by atoms with Gasteiger partial charge in [-0.3, -0.25) is 13.9 Å². The molecule has 0 bridgehead atoms. The van der Waals surface area contributed by atoms with Crippen molar-refractivity contribution < 1.29 is 18.0 Å². The Morgan fingerprint density at radius 3 is 2.00 bits per heavy atom. The molecule has 2 rings (SSSR count). The van der Waals surface area contributed by atoms with E-state index >= 15 is 0 Å². The highest BCUT2D eigenvalue weighted by molar-refractivity contribution is 7.92. The molecular weight excluding hydrogens is 462 g/mol. The summed E-state index contributed by atoms with van der Waals surface area (Å²) in [5, 5.41) is 2.96. The number of nitrogens with one attached hydrogen (secondary N) is 1. The molecule has 7 nitrogen and oxygen atoms in total. The van der Waals surface area contributed by atoms with Crippen molar-refractivity contribution in [1.29, 1.82) is 0 Å². The third kappa shape index (κ3) is 8.69. The summed E-state index contributed by atoms with van der Waals surface area (Å²) >= 11 is 0. The highest BCUT2D eigenvalue weighted by Crippen LogP contribution is 2.20. The average molecular weight is 502 g/mol. The minimum Gasteiger partial charge on any atom is -0.352 e. The zero-order chi connectivity index (χ0) is 26.2. The molecule has 0 aliphatic carbocycles. The van der Waals surface area contributed by atoms with E-state index in [-0.39, 0.29) is 30.8 Å². The largest absolute Gasteiger partial charge is 0.352 e. The van der Waals surface area contributed by atoms with E-state index in [0.717, 1.165) is 23.1 Å². The van der Waals surface area contributed by atoms with Crippen LogP contribution in [0, 0.1) is 13.8 Å². The van der Waals surface area contributed by atoms with Gasteiger partial charge in [-0.15, -0.1) is 0 Å². The fourth-order valence-corrected chi connectivity index (χ4v) is 4.62. The molecule has 0 fully saturated rings. The lowest BCUT2D eigenvalue weighted by Gasteiger charge is -2.30. The Labute approximate surface area is 210 Å². The molecule has 0 spiro atoms. The van der Waals surface area contributed by atoms with Gasteiger partial charge < -0.3 is 10.2 Å². The van der Waals surface area contributed by atoms with E-state index in [1.807, 2.05) is 64.1 Å². The number of benzene rings is 2. The molecule has 0 aliphatic heterocycles. The van der Waals surface area contributed by atoms with Gasteiger partial charge in [-0.05, 0) is 58.2 Å². The molecule has 35 heavy (non-hydrogen) atoms. The minimum absolute atomic E-state index is 0.0131. The predicted octanol–water partition coefficient (Wildman–Crippen LogP) is 4.18. The van der Waals surface area contributed by atoms with E-state index in [1.54, 1.807) is 24.0 Å². The normalized spacial score (nSPS) is 13.1. The van der Waals surface area contributed by atoms with Crippen LogP contribution < -0.4 is 9.62 Å². The fourth-order valence-electron chi connectivity index (χ4n) is 3.65. The number of hydrogen-bond acceptors (Lipinski definition) is 4. The van der Waals surface area contributed by atoms with Gasteiger partial charge in [0.2, 0.25) is 21.8 Å². The van der Waals surface area contributed by atoms with Crippen LogP contribution in [0.4, 0.5) is 5.69 Å². The highest BCUT2D eigenvalue weighted by atomic mass is 32.2. The lowest BCUT2D eigenvalue weighted by molar-refractivity contribution is -0.140. The molecule has 0 heterocycles. The second kappa shape index (κ2) is 12.7. The summed E-state index contributed by atoms with van der Waals surface area (Å²) in [7, 11) is -3.50. The SMILES string of the molecule is CC[C@@H](C)NC(=O)[C@H](C)N(Cc1ccc(C)cc1)C(=O)CCCN(c1ccc(C)cc1)S(C)(=O)=O. The Morgan fingerprint density at radius 2 is 1.49 bits per heavy atom. The van der Waals surface area contributed by atoms with Gasteiger partial charge in [0.05, 0.1) is 11.9 Å². The summed E-state index contributed by atoms with van der Waals surface area (Å²) in [5.41, 5.74) is 3.66. The molecule has 0 aromatic heterocycles. The quantitative estimate of drug-likeness (QED) is 0.473. The second-order valence-electron chi connectivity index (χ2n) is 9.28. The zero-order valence-corrected chi connectivity index (χ0v) is 22.6. The number of nitrogens with zero attached hydrogens (tertiary/aromatic N) is 2. The van der Waals surface area contributed by atoms with E-state index in [4.69, 9.17) is 0 Å². The molecule has 0 unspecified atom stereocenters. The van der Waals surface area contributed by atoms with Crippen molar-refractivity contribution in [2.45, 2.75) is 72.5 Å². The van der Waals surface area contributed by atoms with Crippen molar-refractivity contribution >= 4 is 27.5 Å². The smallest absolute Gasteiger partial charge is 0.242 e. The maximum atomic E-state index is 13.3. The zero-order valence-electron chi connectivity index (χ0n) is 21.7. The third-order valence-corrected chi connectivity index (χ3v) is 7.31. The van der Waals surface area contributed by atoms with Crippen molar-refractivity contribution in [3.8, 4) is 0 Å². The fraction of sp³-hybridized carbons (Fsp3) is 0.481. The first-order chi connectivity index (χ1) is 16.4. The van der Waals surface area contributed by atoms with Crippen LogP contribution in [0.2, 0.25) is 0 Å². The Hall–Kier alpha value is -2.87. The molecule has 0 saturated carbocycles. The van der Waals surface area contributed by atoms with Crippen molar-refractivity contribution in [2.24, 2.45) is 0 Å². The molecule has 0 aliphatic rings. The number of amides is 2. The number of carbonyl (C=O) groups excluding carboxylic acids is 2. The second-order valence-corrected chi connectivity index (χ2v) is 11.2. The van der Waals surface area contributed by atoms with E-state index in [1.165, 1.54) is 10.6 Å². The van der Waals surface area contributed by atoms with Crippen LogP contribution in [0.5, 0.6) is 0 Å². The van der Waals surface area contributed by atoms with Gasteiger partial charge in [-0.1, -0.05) is 54.4 Å². The van der Waals surface area contributed by atoms with Crippen molar-refractivity contribution in [1.82, 2.24) is 10.2 Å². The van der Waals surface area contributed by atoms with E-state index < -0.39 is 16.1 Å². The Bertz CT molecular complexity index is 1080. The monoisotopic (exact) mass is 501 g/mol. The number of hydrogen-bond donors (Lipinski definition) is 1. The lowest BCUT2D eigenvalue weighted by atomic mass is 10.1. The summed E-state index contributed by atoms with van der Waals surface area (Å²) in [4.78, 5) is 27.7. The third-order valence-electron chi connectivity index (χ3n) is 6.12. The number of rotatable bonds is 12. The van der Waals surface area contributed by atoms with Gasteiger partial charge in [0.15, 0.2) is 0 Å². The summed E-state index contributed by atoms with van der Waals surface area (Å²) in [6.07, 6.45) is 2.43. The summed E-state index contributed by atoms with van der Waals surface area (Å²) in [5.74, 6) is -0.382. The van der Waals surface area contributed by atoms with Gasteiger partial charge >= 0.3 is 0 Å². The predicted molar refractivity (Wildman–Crippen MR) is 142 cm³/mol. The maximum Gasteiger partial charge on any atom is 0.242 e. The van der Waals surface area contributed by atoms with Gasteiger partial charge in [0.25, 0.3) is 0 Å². The van der Waals surface area contributed by atoms with Crippen LogP contribution in [0.3, 0.4) is 0 Å². The van der Waals surface area contributed by atoms with Crippen molar-refractivity contribution in [2.75, 3.05) is 17.1 Å². The first-order valence-electron chi connectivity index (χ1n) is 12.1. The Kier molecular flexibility index (Phi) is 10.3. The van der Waals surface area contributed by atoms with Crippen LogP contribution in [0.15, 0.2) is 48.5 Å². The molecule has 2 amide bonds. The number of anilines is 1. The van der Waals surface area contributed by atoms with Gasteiger partial charge in [0, 0.05) is 25.6 Å². The lowest BCUT2D eigenvalue weighted by Crippen LogP contribution is -2.49.